The molecule has 0 radical (unpaired) electrons. The van der Waals surface area contributed by atoms with E-state index in [0.29, 0.717) is 11.4 Å². The Balaban J connectivity index is 2.22. The quantitative estimate of drug-likeness (QED) is 0.911. The first-order valence-corrected chi connectivity index (χ1v) is 7.85. The highest BCUT2D eigenvalue weighted by Crippen LogP contribution is 2.18. The lowest BCUT2D eigenvalue weighted by atomic mass is 10.2. The van der Waals surface area contributed by atoms with E-state index in [1.54, 1.807) is 31.1 Å². The minimum atomic E-state index is -4.29. The van der Waals surface area contributed by atoms with Gasteiger partial charge in [0.05, 0.1) is 0 Å². The molecule has 0 saturated carbocycles. The third-order valence-electron chi connectivity index (χ3n) is 2.92. The number of rotatable bonds is 5. The fourth-order valence-electron chi connectivity index (χ4n) is 1.80. The summed E-state index contributed by atoms with van der Waals surface area (Å²) in [4.78, 5) is 4.88. The van der Waals surface area contributed by atoms with Crippen LogP contribution in [0.15, 0.2) is 41.4 Å². The molecule has 22 heavy (non-hydrogen) atoms. The number of anilines is 1. The Bertz CT molecular complexity index is 759. The van der Waals surface area contributed by atoms with E-state index < -0.39 is 26.6 Å². The molecule has 0 bridgehead atoms. The molecule has 0 aliphatic heterocycles. The molecule has 2 aromatic rings. The van der Waals surface area contributed by atoms with E-state index >= 15 is 0 Å². The molecule has 118 valence electrons. The van der Waals surface area contributed by atoms with E-state index in [1.807, 2.05) is 0 Å². The second-order valence-corrected chi connectivity index (χ2v) is 6.50. The Morgan fingerprint density at radius 1 is 1.18 bits per heavy atom. The van der Waals surface area contributed by atoms with Crippen LogP contribution in [0.4, 0.5) is 14.6 Å². The first kappa shape index (κ1) is 16.3. The van der Waals surface area contributed by atoms with E-state index in [2.05, 4.69) is 9.71 Å². The fraction of sp³-hybridized carbons (Fsp3) is 0.214. The van der Waals surface area contributed by atoms with E-state index in [1.165, 1.54) is 6.20 Å². The molecule has 0 spiro atoms. The summed E-state index contributed by atoms with van der Waals surface area (Å²) >= 11 is 0. The molecular weight excluding hydrogens is 312 g/mol. The Labute approximate surface area is 127 Å². The zero-order chi connectivity index (χ0) is 16.3. The molecule has 0 atom stereocenters. The molecular formula is C14H15F2N3O2S. The largest absolute Gasteiger partial charge is 0.363 e. The van der Waals surface area contributed by atoms with Crippen molar-refractivity contribution in [3.05, 3.63) is 53.7 Å². The van der Waals surface area contributed by atoms with Crippen LogP contribution in [0.5, 0.6) is 0 Å². The maximum Gasteiger partial charge on any atom is 0.246 e. The number of sulfonamides is 1. The second-order valence-electron chi connectivity index (χ2n) is 4.79. The van der Waals surface area contributed by atoms with Gasteiger partial charge in [-0.2, -0.15) is 0 Å². The van der Waals surface area contributed by atoms with E-state index in [4.69, 9.17) is 0 Å². The lowest BCUT2D eigenvalue weighted by Gasteiger charge is -2.13. The number of aromatic nitrogens is 1. The summed E-state index contributed by atoms with van der Waals surface area (Å²) in [5.41, 5.74) is 0.624. The summed E-state index contributed by atoms with van der Waals surface area (Å²) in [7, 11) is -0.694. The molecule has 0 unspecified atom stereocenters. The van der Waals surface area contributed by atoms with Crippen LogP contribution in [0, 0.1) is 11.6 Å². The fourth-order valence-corrected chi connectivity index (χ4v) is 2.96. The number of pyridine rings is 1. The van der Waals surface area contributed by atoms with Gasteiger partial charge < -0.3 is 4.90 Å². The smallest absolute Gasteiger partial charge is 0.246 e. The summed E-state index contributed by atoms with van der Waals surface area (Å²) in [6.45, 7) is -0.0978. The lowest BCUT2D eigenvalue weighted by Crippen LogP contribution is -2.25. The van der Waals surface area contributed by atoms with Crippen LogP contribution in [0.2, 0.25) is 0 Å². The maximum absolute atomic E-state index is 13.6. The second kappa shape index (κ2) is 6.37. The molecule has 0 fully saturated rings. The predicted octanol–water partition coefficient (Wildman–Crippen LogP) is 1.90. The number of halogens is 2. The highest BCUT2D eigenvalue weighted by Gasteiger charge is 2.23. The van der Waals surface area contributed by atoms with E-state index in [0.717, 1.165) is 18.2 Å². The molecule has 0 aliphatic carbocycles. The molecule has 0 saturated heterocycles. The van der Waals surface area contributed by atoms with E-state index in [-0.39, 0.29) is 6.54 Å². The standard InChI is InChI=1S/C14H15F2N3O2S/c1-19(2)13-8-10(6-7-17-13)9-18-22(20,21)14-11(15)4-3-5-12(14)16/h3-8,18H,9H2,1-2H3. The van der Waals surface area contributed by atoms with Gasteiger partial charge in [-0.1, -0.05) is 6.07 Å². The minimum absolute atomic E-state index is 0.0978. The Kier molecular flexibility index (Phi) is 4.72. The average Bonchev–Trinajstić information content (AvgIpc) is 2.45. The number of hydrogen-bond donors (Lipinski definition) is 1. The van der Waals surface area contributed by atoms with Gasteiger partial charge in [-0.05, 0) is 29.8 Å². The van der Waals surface area contributed by atoms with Crippen LogP contribution in [0.1, 0.15) is 5.56 Å². The summed E-state index contributed by atoms with van der Waals surface area (Å²) in [6.07, 6.45) is 1.53. The molecule has 5 nitrogen and oxygen atoms in total. The Morgan fingerprint density at radius 2 is 1.82 bits per heavy atom. The number of benzene rings is 1. The normalized spacial score (nSPS) is 11.5. The monoisotopic (exact) mass is 327 g/mol. The number of nitrogens with zero attached hydrogens (tertiary/aromatic N) is 2. The molecule has 1 N–H and O–H groups in total. The number of hydrogen-bond acceptors (Lipinski definition) is 4. The predicted molar refractivity (Wildman–Crippen MR) is 78.9 cm³/mol. The van der Waals surface area contributed by atoms with Crippen molar-refractivity contribution in [1.82, 2.24) is 9.71 Å². The molecule has 1 aromatic carbocycles. The van der Waals surface area contributed by atoms with Crippen molar-refractivity contribution in [3.63, 3.8) is 0 Å². The molecule has 1 heterocycles. The molecule has 1 aromatic heterocycles. The lowest BCUT2D eigenvalue weighted by molar-refractivity contribution is 0.514. The summed E-state index contributed by atoms with van der Waals surface area (Å²) < 4.78 is 53.4. The van der Waals surface area contributed by atoms with Crippen LogP contribution < -0.4 is 9.62 Å². The first-order valence-electron chi connectivity index (χ1n) is 6.37. The van der Waals surface area contributed by atoms with Crippen molar-refractivity contribution < 1.29 is 17.2 Å². The van der Waals surface area contributed by atoms with Crippen LogP contribution in [0.3, 0.4) is 0 Å². The van der Waals surface area contributed by atoms with Crippen molar-refractivity contribution in [1.29, 1.82) is 0 Å². The van der Waals surface area contributed by atoms with Crippen LogP contribution in [-0.4, -0.2) is 27.5 Å². The summed E-state index contributed by atoms with van der Waals surface area (Å²) in [6, 6.07) is 6.20. The molecule has 0 amide bonds. The van der Waals surface area contributed by atoms with Crippen molar-refractivity contribution in [2.24, 2.45) is 0 Å². The van der Waals surface area contributed by atoms with Gasteiger partial charge >= 0.3 is 0 Å². The van der Waals surface area contributed by atoms with Gasteiger partial charge in [0.1, 0.15) is 17.5 Å². The number of nitrogens with one attached hydrogen (secondary N) is 1. The topological polar surface area (TPSA) is 62.3 Å². The van der Waals surface area contributed by atoms with Gasteiger partial charge in [-0.25, -0.2) is 26.9 Å². The average molecular weight is 327 g/mol. The third-order valence-corrected chi connectivity index (χ3v) is 4.37. The van der Waals surface area contributed by atoms with Crippen molar-refractivity contribution in [2.45, 2.75) is 11.4 Å². The van der Waals surface area contributed by atoms with Gasteiger partial charge in [0.25, 0.3) is 0 Å². The minimum Gasteiger partial charge on any atom is -0.363 e. The zero-order valence-corrected chi connectivity index (χ0v) is 12.9. The van der Waals surface area contributed by atoms with Gasteiger partial charge in [0.15, 0.2) is 4.90 Å². The van der Waals surface area contributed by atoms with Crippen molar-refractivity contribution in [2.75, 3.05) is 19.0 Å². The molecule has 8 heteroatoms. The van der Waals surface area contributed by atoms with Gasteiger partial charge in [-0.3, -0.25) is 0 Å². The summed E-state index contributed by atoms with van der Waals surface area (Å²) in [5.74, 6) is -1.61. The Hall–Kier alpha value is -2.06. The highest BCUT2D eigenvalue weighted by atomic mass is 32.2. The van der Waals surface area contributed by atoms with Crippen LogP contribution >= 0.6 is 0 Å². The molecule has 2 rings (SSSR count). The van der Waals surface area contributed by atoms with E-state index in [9.17, 15) is 17.2 Å². The summed E-state index contributed by atoms with van der Waals surface area (Å²) in [5, 5.41) is 0. The molecule has 0 aliphatic rings. The highest BCUT2D eigenvalue weighted by molar-refractivity contribution is 7.89. The van der Waals surface area contributed by atoms with Gasteiger partial charge in [-0.15, -0.1) is 0 Å². The van der Waals surface area contributed by atoms with Crippen molar-refractivity contribution in [3.8, 4) is 0 Å². The van der Waals surface area contributed by atoms with Crippen molar-refractivity contribution >= 4 is 15.8 Å². The third kappa shape index (κ3) is 3.58. The van der Waals surface area contributed by atoms with Gasteiger partial charge in [0.2, 0.25) is 10.0 Å². The SMILES string of the molecule is CN(C)c1cc(CNS(=O)(=O)c2c(F)cccc2F)ccn1. The first-order chi connectivity index (χ1) is 10.3. The van der Waals surface area contributed by atoms with Crippen LogP contribution in [-0.2, 0) is 16.6 Å². The zero-order valence-electron chi connectivity index (χ0n) is 12.0. The Morgan fingerprint density at radius 3 is 2.41 bits per heavy atom. The van der Waals surface area contributed by atoms with Gasteiger partial charge in [0, 0.05) is 26.8 Å². The maximum atomic E-state index is 13.6. The van der Waals surface area contributed by atoms with Crippen LogP contribution in [0.25, 0.3) is 0 Å².